The summed E-state index contributed by atoms with van der Waals surface area (Å²) in [5.74, 6) is -0.395. The van der Waals surface area contributed by atoms with E-state index >= 15 is 0 Å². The molecule has 0 unspecified atom stereocenters. The average Bonchev–Trinajstić information content (AvgIpc) is 3.31. The Bertz CT molecular complexity index is 1090. The number of amides is 1. The number of aromatic nitrogens is 4. The van der Waals surface area contributed by atoms with E-state index < -0.39 is 15.7 Å². The lowest BCUT2D eigenvalue weighted by Crippen LogP contribution is -2.14. The minimum absolute atomic E-state index is 0.00743. The minimum Gasteiger partial charge on any atom is -0.401 e. The topological polar surface area (TPSA) is 120 Å². The minimum atomic E-state index is -3.48. The van der Waals surface area contributed by atoms with Crippen LogP contribution in [0.4, 0.5) is 6.01 Å². The second-order valence-corrected chi connectivity index (χ2v) is 9.16. The fraction of sp³-hybridized carbons (Fsp3) is 0.333. The molecular formula is C18H20ClN5O4S. The third-order valence-electron chi connectivity index (χ3n) is 4.02. The van der Waals surface area contributed by atoms with Gasteiger partial charge < -0.3 is 4.42 Å². The molecule has 1 N–H and O–H groups in total. The number of hydrogen-bond donors (Lipinski definition) is 1. The van der Waals surface area contributed by atoms with Crippen LogP contribution in [0.5, 0.6) is 0 Å². The van der Waals surface area contributed by atoms with Crippen LogP contribution < -0.4 is 5.32 Å². The van der Waals surface area contributed by atoms with Gasteiger partial charge in [-0.25, -0.2) is 8.42 Å². The third kappa shape index (κ3) is 5.42. The van der Waals surface area contributed by atoms with Crippen LogP contribution in [0.15, 0.2) is 45.8 Å². The van der Waals surface area contributed by atoms with Crippen molar-refractivity contribution in [1.29, 1.82) is 0 Å². The fourth-order valence-corrected chi connectivity index (χ4v) is 3.92. The van der Waals surface area contributed by atoms with Gasteiger partial charge in [0.1, 0.15) is 5.69 Å². The van der Waals surface area contributed by atoms with Crippen molar-refractivity contribution in [1.82, 2.24) is 20.0 Å². The van der Waals surface area contributed by atoms with Crippen molar-refractivity contribution in [2.75, 3.05) is 11.1 Å². The molecule has 11 heteroatoms. The molecule has 3 aromatic rings. The van der Waals surface area contributed by atoms with Gasteiger partial charge in [0.2, 0.25) is 5.91 Å². The van der Waals surface area contributed by atoms with E-state index in [0.717, 1.165) is 0 Å². The number of sulfone groups is 1. The van der Waals surface area contributed by atoms with Gasteiger partial charge in [0.05, 0.1) is 10.6 Å². The Kier molecular flexibility index (Phi) is 6.33. The summed E-state index contributed by atoms with van der Waals surface area (Å²) in [5.41, 5.74) is 0.501. The second-order valence-electron chi connectivity index (χ2n) is 6.61. The number of carbonyl (C=O) groups excluding carboxylic acids is 1. The SMILES string of the molecule is CC(C)n1ccc(-c2nnc(NC(=O)CCCS(=O)(=O)c3ccc(Cl)cc3)o2)n1. The van der Waals surface area contributed by atoms with Crippen LogP contribution >= 0.6 is 11.6 Å². The highest BCUT2D eigenvalue weighted by atomic mass is 35.5. The van der Waals surface area contributed by atoms with Gasteiger partial charge in [0.25, 0.3) is 5.89 Å². The van der Waals surface area contributed by atoms with E-state index in [4.69, 9.17) is 16.0 Å². The summed E-state index contributed by atoms with van der Waals surface area (Å²) in [6, 6.07) is 7.77. The van der Waals surface area contributed by atoms with Crippen LogP contribution in [0.1, 0.15) is 32.7 Å². The molecule has 0 aliphatic rings. The first kappa shape index (κ1) is 21.0. The lowest BCUT2D eigenvalue weighted by atomic mass is 10.3. The smallest absolute Gasteiger partial charge is 0.322 e. The number of nitrogens with zero attached hydrogens (tertiary/aromatic N) is 4. The maximum Gasteiger partial charge on any atom is 0.322 e. The normalized spacial score (nSPS) is 11.7. The molecule has 0 bridgehead atoms. The fourth-order valence-electron chi connectivity index (χ4n) is 2.48. The van der Waals surface area contributed by atoms with Gasteiger partial charge in [0.15, 0.2) is 9.84 Å². The van der Waals surface area contributed by atoms with Gasteiger partial charge in [0, 0.05) is 23.7 Å². The molecule has 1 aromatic carbocycles. The number of nitrogens with one attached hydrogen (secondary N) is 1. The first-order valence-electron chi connectivity index (χ1n) is 8.92. The summed E-state index contributed by atoms with van der Waals surface area (Å²) in [4.78, 5) is 12.2. The first-order chi connectivity index (χ1) is 13.7. The Labute approximate surface area is 173 Å². The summed E-state index contributed by atoms with van der Waals surface area (Å²) in [6.07, 6.45) is 1.94. The van der Waals surface area contributed by atoms with E-state index in [1.54, 1.807) is 16.9 Å². The average molecular weight is 438 g/mol. The number of benzene rings is 1. The van der Waals surface area contributed by atoms with E-state index in [1.807, 2.05) is 13.8 Å². The lowest BCUT2D eigenvalue weighted by molar-refractivity contribution is -0.116. The van der Waals surface area contributed by atoms with Crippen molar-refractivity contribution in [3.05, 3.63) is 41.6 Å². The predicted octanol–water partition coefficient (Wildman–Crippen LogP) is 3.36. The summed E-state index contributed by atoms with van der Waals surface area (Å²) in [5, 5.41) is 14.9. The zero-order valence-corrected chi connectivity index (χ0v) is 17.4. The van der Waals surface area contributed by atoms with Gasteiger partial charge in [-0.05, 0) is 50.6 Å². The molecule has 0 saturated heterocycles. The molecule has 0 fully saturated rings. The van der Waals surface area contributed by atoms with Crippen LogP contribution in [0, 0.1) is 0 Å². The van der Waals surface area contributed by atoms with E-state index in [-0.39, 0.29) is 41.4 Å². The number of carbonyl (C=O) groups is 1. The van der Waals surface area contributed by atoms with Crippen LogP contribution in [0.25, 0.3) is 11.6 Å². The zero-order chi connectivity index (χ0) is 21.0. The van der Waals surface area contributed by atoms with E-state index in [2.05, 4.69) is 20.6 Å². The molecule has 2 aromatic heterocycles. The van der Waals surface area contributed by atoms with Crippen molar-refractivity contribution in [2.45, 2.75) is 37.6 Å². The number of halogens is 1. The van der Waals surface area contributed by atoms with Crippen LogP contribution in [-0.4, -0.2) is 40.1 Å². The molecule has 0 aliphatic heterocycles. The molecular weight excluding hydrogens is 418 g/mol. The summed E-state index contributed by atoms with van der Waals surface area (Å²) < 4.78 is 31.7. The standard InChI is InChI=1S/C18H20ClN5O4S/c1-12(2)24-10-9-15(23-24)17-21-22-18(28-17)20-16(25)4-3-11-29(26,27)14-7-5-13(19)6-8-14/h5-10,12H,3-4,11H2,1-2H3,(H,20,22,25). The van der Waals surface area contributed by atoms with Crippen molar-refractivity contribution in [3.63, 3.8) is 0 Å². The van der Waals surface area contributed by atoms with Crippen LogP contribution in [0.3, 0.4) is 0 Å². The van der Waals surface area contributed by atoms with Gasteiger partial charge in [-0.1, -0.05) is 16.7 Å². The third-order valence-corrected chi connectivity index (χ3v) is 6.09. The molecule has 1 amide bonds. The predicted molar refractivity (Wildman–Crippen MR) is 107 cm³/mol. The first-order valence-corrected chi connectivity index (χ1v) is 10.9. The van der Waals surface area contributed by atoms with Gasteiger partial charge in [-0.2, -0.15) is 5.10 Å². The molecule has 0 spiro atoms. The number of rotatable bonds is 8. The highest BCUT2D eigenvalue weighted by Gasteiger charge is 2.17. The Hall–Kier alpha value is -2.72. The Morgan fingerprint density at radius 2 is 1.93 bits per heavy atom. The highest BCUT2D eigenvalue weighted by Crippen LogP contribution is 2.20. The zero-order valence-electron chi connectivity index (χ0n) is 15.9. The van der Waals surface area contributed by atoms with Crippen LogP contribution in [0.2, 0.25) is 5.02 Å². The Morgan fingerprint density at radius 1 is 1.21 bits per heavy atom. The van der Waals surface area contributed by atoms with Gasteiger partial charge in [-0.15, -0.1) is 5.10 Å². The Morgan fingerprint density at radius 3 is 2.59 bits per heavy atom. The van der Waals surface area contributed by atoms with Crippen molar-refractivity contribution in [2.24, 2.45) is 0 Å². The van der Waals surface area contributed by atoms with E-state index in [0.29, 0.717) is 10.7 Å². The lowest BCUT2D eigenvalue weighted by Gasteiger charge is -2.04. The monoisotopic (exact) mass is 437 g/mol. The molecule has 0 radical (unpaired) electrons. The van der Waals surface area contributed by atoms with Crippen molar-refractivity contribution < 1.29 is 17.6 Å². The molecule has 3 rings (SSSR count). The van der Waals surface area contributed by atoms with Crippen molar-refractivity contribution in [3.8, 4) is 11.6 Å². The maximum absolute atomic E-state index is 12.3. The van der Waals surface area contributed by atoms with Gasteiger partial charge >= 0.3 is 6.01 Å². The quantitative estimate of drug-likeness (QED) is 0.573. The molecule has 9 nitrogen and oxygen atoms in total. The summed E-state index contributed by atoms with van der Waals surface area (Å²) >= 11 is 5.77. The highest BCUT2D eigenvalue weighted by molar-refractivity contribution is 7.91. The van der Waals surface area contributed by atoms with Gasteiger partial charge in [-0.3, -0.25) is 14.8 Å². The number of anilines is 1. The molecule has 0 atom stereocenters. The molecule has 0 aliphatic carbocycles. The summed E-state index contributed by atoms with van der Waals surface area (Å²) in [6.45, 7) is 3.98. The van der Waals surface area contributed by atoms with E-state index in [9.17, 15) is 13.2 Å². The Balaban J connectivity index is 1.52. The van der Waals surface area contributed by atoms with E-state index in [1.165, 1.54) is 24.3 Å². The largest absolute Gasteiger partial charge is 0.401 e. The maximum atomic E-state index is 12.3. The molecule has 2 heterocycles. The van der Waals surface area contributed by atoms with Crippen molar-refractivity contribution >= 4 is 33.4 Å². The molecule has 0 saturated carbocycles. The number of hydrogen-bond acceptors (Lipinski definition) is 7. The molecule has 154 valence electrons. The second kappa shape index (κ2) is 8.75. The molecule has 29 heavy (non-hydrogen) atoms. The van der Waals surface area contributed by atoms with Crippen LogP contribution in [-0.2, 0) is 14.6 Å². The summed E-state index contributed by atoms with van der Waals surface area (Å²) in [7, 11) is -3.48.